The Bertz CT molecular complexity index is 272. The van der Waals surface area contributed by atoms with Gasteiger partial charge in [0.1, 0.15) is 0 Å². The normalized spacial score (nSPS) is 9.50. The first-order chi connectivity index (χ1) is 6.84. The van der Waals surface area contributed by atoms with Crippen LogP contribution in [0.3, 0.4) is 0 Å². The number of unbranched alkanes of at least 4 members (excludes halogenated alkanes) is 1. The van der Waals surface area contributed by atoms with Gasteiger partial charge in [0.05, 0.1) is 0 Å². The molecule has 0 saturated carbocycles. The summed E-state index contributed by atoms with van der Waals surface area (Å²) in [5.41, 5.74) is 0.660. The van der Waals surface area contributed by atoms with Crippen molar-refractivity contribution in [2.75, 3.05) is 0 Å². The second-order valence-corrected chi connectivity index (χ2v) is 4.55. The molecule has 0 atom stereocenters. The average molecular weight is 226 g/mol. The fourth-order valence-electron chi connectivity index (χ4n) is 0.999. The van der Waals surface area contributed by atoms with E-state index in [0.717, 1.165) is 4.73 Å². The molecular formula is C11H14O2Ti. The van der Waals surface area contributed by atoms with Gasteiger partial charge < -0.3 is 0 Å². The molecule has 0 saturated heterocycles. The van der Waals surface area contributed by atoms with E-state index in [1.54, 1.807) is 12.1 Å². The number of hydrogen-bond acceptors (Lipinski definition) is 2. The summed E-state index contributed by atoms with van der Waals surface area (Å²) in [6, 6.07) is 9.16. The first-order valence-electron chi connectivity index (χ1n) is 4.83. The van der Waals surface area contributed by atoms with Crippen molar-refractivity contribution in [1.29, 1.82) is 0 Å². The molecule has 2 nitrogen and oxygen atoms in total. The predicted octanol–water partition coefficient (Wildman–Crippen LogP) is 3.06. The molecule has 0 bridgehead atoms. The topological polar surface area (TPSA) is 26.3 Å². The Morgan fingerprint density at radius 1 is 1.36 bits per heavy atom. The fourth-order valence-corrected chi connectivity index (χ4v) is 2.32. The number of rotatable bonds is 5. The second kappa shape index (κ2) is 6.80. The van der Waals surface area contributed by atoms with E-state index in [0.29, 0.717) is 5.56 Å². The zero-order valence-electron chi connectivity index (χ0n) is 8.32. The zero-order chi connectivity index (χ0) is 10.2. The van der Waals surface area contributed by atoms with Gasteiger partial charge in [0, 0.05) is 0 Å². The average Bonchev–Trinajstić information content (AvgIpc) is 2.25. The summed E-state index contributed by atoms with van der Waals surface area (Å²) < 4.78 is 6.29. The molecule has 1 rings (SSSR count). The Morgan fingerprint density at radius 2 is 2.07 bits per heavy atom. The Kier molecular flexibility index (Phi) is 5.57. The Balaban J connectivity index is 2.29. The Hall–Kier alpha value is -0.596. The van der Waals surface area contributed by atoms with Crippen molar-refractivity contribution in [3.63, 3.8) is 0 Å². The van der Waals surface area contributed by atoms with Crippen LogP contribution in [0.4, 0.5) is 0 Å². The van der Waals surface area contributed by atoms with Crippen LogP contribution in [0.25, 0.3) is 0 Å². The third kappa shape index (κ3) is 4.08. The van der Waals surface area contributed by atoms with Gasteiger partial charge in [-0.25, -0.2) is 0 Å². The van der Waals surface area contributed by atoms with E-state index in [9.17, 15) is 4.79 Å². The summed E-state index contributed by atoms with van der Waals surface area (Å²) in [7, 11) is 0. The molecule has 0 amide bonds. The first kappa shape index (κ1) is 11.5. The van der Waals surface area contributed by atoms with Crippen LogP contribution in [0.15, 0.2) is 30.3 Å². The summed E-state index contributed by atoms with van der Waals surface area (Å²) in [6.07, 6.45) is 2.34. The molecule has 3 heteroatoms. The second-order valence-electron chi connectivity index (χ2n) is 3.00. The summed E-state index contributed by atoms with van der Waals surface area (Å²) in [4.78, 5) is 11.4. The summed E-state index contributed by atoms with van der Waals surface area (Å²) in [6.45, 7) is 2.14. The van der Waals surface area contributed by atoms with Crippen molar-refractivity contribution in [2.24, 2.45) is 0 Å². The number of benzene rings is 1. The van der Waals surface area contributed by atoms with Crippen molar-refractivity contribution in [3.8, 4) is 0 Å². The number of carbonyl (C=O) groups is 1. The van der Waals surface area contributed by atoms with Crippen LogP contribution in [0.1, 0.15) is 30.1 Å². The Morgan fingerprint density at radius 3 is 2.71 bits per heavy atom. The molecule has 0 spiro atoms. The maximum atomic E-state index is 11.4. The minimum atomic E-state index is -0.524. The van der Waals surface area contributed by atoms with Crippen molar-refractivity contribution in [3.05, 3.63) is 35.9 Å². The monoisotopic (exact) mass is 226 g/mol. The van der Waals surface area contributed by atoms with Crippen LogP contribution in [0, 0.1) is 0 Å². The third-order valence-electron chi connectivity index (χ3n) is 1.81. The van der Waals surface area contributed by atoms with E-state index in [1.807, 2.05) is 18.2 Å². The van der Waals surface area contributed by atoms with Gasteiger partial charge in [-0.3, -0.25) is 0 Å². The molecule has 0 aromatic heterocycles. The van der Waals surface area contributed by atoms with Crippen LogP contribution in [0.2, 0.25) is 4.73 Å². The van der Waals surface area contributed by atoms with E-state index in [2.05, 4.69) is 6.92 Å². The molecule has 0 unspecified atom stereocenters. The molecule has 14 heavy (non-hydrogen) atoms. The Labute approximate surface area is 94.1 Å². The number of carbonyl (C=O) groups excluding carboxylic acids is 1. The van der Waals surface area contributed by atoms with E-state index in [4.69, 9.17) is 3.32 Å². The van der Waals surface area contributed by atoms with Crippen molar-refractivity contribution in [2.45, 2.75) is 24.5 Å². The van der Waals surface area contributed by atoms with Crippen LogP contribution in [-0.2, 0) is 22.9 Å². The zero-order valence-corrected chi connectivity index (χ0v) is 9.89. The van der Waals surface area contributed by atoms with E-state index >= 15 is 0 Å². The third-order valence-corrected chi connectivity index (χ3v) is 3.19. The fraction of sp³-hybridized carbons (Fsp3) is 0.364. The summed E-state index contributed by atoms with van der Waals surface area (Å²) in [5.74, 6) is -0.165. The quantitative estimate of drug-likeness (QED) is 0.569. The van der Waals surface area contributed by atoms with Crippen LogP contribution in [-0.4, -0.2) is 5.97 Å². The molecule has 0 N–H and O–H groups in total. The van der Waals surface area contributed by atoms with Gasteiger partial charge in [-0.05, 0) is 0 Å². The van der Waals surface area contributed by atoms with Gasteiger partial charge in [-0.1, -0.05) is 0 Å². The standard InChI is InChI=1S/C7H6O2.C4H9.Ti/c8-7(9)6-4-2-1-3-5-6;1-3-4-2;/h1-5H,(H,8,9);1,3-4H2,2H3;/q;;+1/p-1. The summed E-state index contributed by atoms with van der Waals surface area (Å²) in [5, 5.41) is 0. The van der Waals surface area contributed by atoms with Crippen molar-refractivity contribution >= 4 is 5.97 Å². The first-order valence-corrected chi connectivity index (χ1v) is 6.58. The molecular weight excluding hydrogens is 212 g/mol. The SMILES string of the molecule is CCC[CH2][Ti][O]C(=O)c1ccccc1. The number of hydrogen-bond donors (Lipinski definition) is 0. The van der Waals surface area contributed by atoms with Crippen molar-refractivity contribution in [1.82, 2.24) is 0 Å². The predicted molar refractivity (Wildman–Crippen MR) is 51.6 cm³/mol. The molecule has 0 aliphatic rings. The van der Waals surface area contributed by atoms with Crippen LogP contribution >= 0.6 is 0 Å². The molecule has 0 radical (unpaired) electrons. The van der Waals surface area contributed by atoms with E-state index in [-0.39, 0.29) is 5.97 Å². The maximum absolute atomic E-state index is 11.4. The summed E-state index contributed by atoms with van der Waals surface area (Å²) >= 11 is -0.524. The van der Waals surface area contributed by atoms with Gasteiger partial charge >= 0.3 is 94.0 Å². The molecule has 1 aromatic rings. The molecule has 0 aliphatic heterocycles. The molecule has 0 heterocycles. The van der Waals surface area contributed by atoms with Gasteiger partial charge in [-0.15, -0.1) is 0 Å². The van der Waals surface area contributed by atoms with Gasteiger partial charge in [-0.2, -0.15) is 0 Å². The van der Waals surface area contributed by atoms with Gasteiger partial charge in [0.15, 0.2) is 0 Å². The van der Waals surface area contributed by atoms with Crippen LogP contribution in [0.5, 0.6) is 0 Å². The molecule has 74 valence electrons. The molecule has 1 aromatic carbocycles. The van der Waals surface area contributed by atoms with E-state index in [1.165, 1.54) is 12.8 Å². The van der Waals surface area contributed by atoms with Crippen LogP contribution < -0.4 is 0 Å². The van der Waals surface area contributed by atoms with E-state index < -0.39 is 19.5 Å². The molecule has 0 aliphatic carbocycles. The minimum absolute atomic E-state index is 0.165. The molecule has 0 fully saturated rings. The van der Waals surface area contributed by atoms with Gasteiger partial charge in [0.2, 0.25) is 0 Å². The van der Waals surface area contributed by atoms with Gasteiger partial charge in [0.25, 0.3) is 0 Å². The van der Waals surface area contributed by atoms with Crippen molar-refractivity contribution < 1.29 is 27.7 Å².